The van der Waals surface area contributed by atoms with Crippen LogP contribution in [0, 0.1) is 0 Å². The number of aromatic nitrogens is 5. The summed E-state index contributed by atoms with van der Waals surface area (Å²) in [5.41, 5.74) is 8.91. The lowest BCUT2D eigenvalue weighted by Gasteiger charge is -2.10. The van der Waals surface area contributed by atoms with Crippen molar-refractivity contribution >= 4 is 57.0 Å². The maximum atomic E-state index is 6.34. The first kappa shape index (κ1) is 21.5. The summed E-state index contributed by atoms with van der Waals surface area (Å²) in [7, 11) is 2.00. The van der Waals surface area contributed by atoms with Crippen LogP contribution in [0.25, 0.3) is 16.3 Å². The van der Waals surface area contributed by atoms with E-state index in [9.17, 15) is 0 Å². The molecule has 0 saturated carbocycles. The molecule has 0 atom stereocenters. The van der Waals surface area contributed by atoms with Gasteiger partial charge in [-0.15, -0.1) is 21.5 Å². The molecule has 1 aliphatic carbocycles. The van der Waals surface area contributed by atoms with Gasteiger partial charge < -0.3 is 10.3 Å². The molecule has 164 valence electrons. The van der Waals surface area contributed by atoms with Gasteiger partial charge in [0.15, 0.2) is 10.3 Å². The molecule has 0 aliphatic heterocycles. The monoisotopic (exact) mass is 480 g/mol. The van der Waals surface area contributed by atoms with Gasteiger partial charge in [0.1, 0.15) is 16.5 Å². The molecular weight excluding hydrogens is 456 g/mol. The van der Waals surface area contributed by atoms with Gasteiger partial charge in [0.2, 0.25) is 0 Å². The predicted molar refractivity (Wildman–Crippen MR) is 135 cm³/mol. The molecular formula is C23H24N6S3. The summed E-state index contributed by atoms with van der Waals surface area (Å²) in [6.45, 7) is 0. The Hall–Kier alpha value is -2.36. The van der Waals surface area contributed by atoms with Crippen molar-refractivity contribution in [1.82, 2.24) is 24.7 Å². The van der Waals surface area contributed by atoms with Gasteiger partial charge >= 0.3 is 0 Å². The van der Waals surface area contributed by atoms with Crippen molar-refractivity contribution in [2.24, 2.45) is 7.05 Å². The standard InChI is InChI=1S/C23H24N6S3/c1-29-18(27-28-23(29)30-13-7-10-15-8-3-2-4-9-15)14-31-22-25-20(24)19-16-11-5-6-12-17(16)32-21(19)26-22/h2-4,7-10H,5-6,11-14H2,1H3,(H2,24,25,26). The highest BCUT2D eigenvalue weighted by atomic mass is 32.2. The predicted octanol–water partition coefficient (Wildman–Crippen LogP) is 5.38. The zero-order valence-corrected chi connectivity index (χ0v) is 20.3. The number of aryl methyl sites for hydroxylation is 2. The largest absolute Gasteiger partial charge is 0.383 e. The van der Waals surface area contributed by atoms with Crippen LogP contribution in [0.5, 0.6) is 0 Å². The van der Waals surface area contributed by atoms with E-state index in [0.717, 1.165) is 39.8 Å². The zero-order valence-electron chi connectivity index (χ0n) is 17.8. The van der Waals surface area contributed by atoms with Crippen molar-refractivity contribution in [3.63, 3.8) is 0 Å². The Morgan fingerprint density at radius 3 is 2.81 bits per heavy atom. The Labute approximate surface area is 199 Å². The van der Waals surface area contributed by atoms with Crippen molar-refractivity contribution in [3.8, 4) is 0 Å². The minimum atomic E-state index is 0.608. The van der Waals surface area contributed by atoms with Crippen LogP contribution in [0.4, 0.5) is 5.82 Å². The Morgan fingerprint density at radius 1 is 1.09 bits per heavy atom. The number of nitrogen functional groups attached to an aromatic ring is 1. The fourth-order valence-electron chi connectivity index (χ4n) is 3.83. The summed E-state index contributed by atoms with van der Waals surface area (Å²) in [5.74, 6) is 3.00. The number of hydrogen-bond acceptors (Lipinski definition) is 8. The highest BCUT2D eigenvalue weighted by Crippen LogP contribution is 2.38. The van der Waals surface area contributed by atoms with Gasteiger partial charge in [0.25, 0.3) is 0 Å². The van der Waals surface area contributed by atoms with Crippen LogP contribution in [0.1, 0.15) is 34.7 Å². The van der Waals surface area contributed by atoms with E-state index in [1.165, 1.54) is 28.8 Å². The lowest BCUT2D eigenvalue weighted by atomic mass is 9.97. The van der Waals surface area contributed by atoms with Crippen molar-refractivity contribution < 1.29 is 0 Å². The summed E-state index contributed by atoms with van der Waals surface area (Å²) in [5, 5.41) is 11.4. The van der Waals surface area contributed by atoms with Gasteiger partial charge in [-0.2, -0.15) is 0 Å². The fraction of sp³-hybridized carbons (Fsp3) is 0.304. The van der Waals surface area contributed by atoms with Crippen molar-refractivity contribution in [3.05, 3.63) is 58.2 Å². The highest BCUT2D eigenvalue weighted by Gasteiger charge is 2.20. The van der Waals surface area contributed by atoms with Gasteiger partial charge in [-0.25, -0.2) is 9.97 Å². The van der Waals surface area contributed by atoms with Gasteiger partial charge in [0.05, 0.1) is 11.1 Å². The number of hydrogen-bond donors (Lipinski definition) is 1. The summed E-state index contributed by atoms with van der Waals surface area (Å²) in [4.78, 5) is 11.8. The molecule has 0 fully saturated rings. The average molecular weight is 481 g/mol. The van der Waals surface area contributed by atoms with Crippen LogP contribution in [0.3, 0.4) is 0 Å². The van der Waals surface area contributed by atoms with E-state index in [2.05, 4.69) is 39.5 Å². The summed E-state index contributed by atoms with van der Waals surface area (Å²) >= 11 is 5.01. The summed E-state index contributed by atoms with van der Waals surface area (Å²) < 4.78 is 2.04. The Balaban J connectivity index is 1.23. The van der Waals surface area contributed by atoms with Gasteiger partial charge in [-0.3, -0.25) is 0 Å². The molecule has 32 heavy (non-hydrogen) atoms. The van der Waals surface area contributed by atoms with Crippen molar-refractivity contribution in [2.45, 2.75) is 41.7 Å². The third-order valence-corrected chi connectivity index (χ3v) is 8.50. The van der Waals surface area contributed by atoms with E-state index in [4.69, 9.17) is 10.7 Å². The second-order valence-corrected chi connectivity index (χ2v) is 10.7. The molecule has 3 heterocycles. The average Bonchev–Trinajstić information content (AvgIpc) is 3.36. The zero-order chi connectivity index (χ0) is 21.9. The first-order chi connectivity index (χ1) is 15.7. The van der Waals surface area contributed by atoms with E-state index < -0.39 is 0 Å². The second-order valence-electron chi connectivity index (χ2n) is 7.65. The summed E-state index contributed by atoms with van der Waals surface area (Å²) in [6, 6.07) is 10.3. The van der Waals surface area contributed by atoms with Gasteiger partial charge in [0, 0.05) is 17.7 Å². The molecule has 3 aromatic heterocycles. The number of fused-ring (bicyclic) bond motifs is 3. The number of rotatable bonds is 7. The normalized spacial score (nSPS) is 13.8. The lowest BCUT2D eigenvalue weighted by molar-refractivity contribution is 0.700. The fourth-order valence-corrected chi connectivity index (χ4v) is 6.72. The second kappa shape index (κ2) is 9.64. The van der Waals surface area contributed by atoms with Crippen LogP contribution in [-0.4, -0.2) is 30.5 Å². The molecule has 4 aromatic rings. The van der Waals surface area contributed by atoms with Crippen molar-refractivity contribution in [2.75, 3.05) is 11.5 Å². The number of benzene rings is 1. The van der Waals surface area contributed by atoms with Gasteiger partial charge in [-0.05, 0) is 36.8 Å². The number of anilines is 1. The summed E-state index contributed by atoms with van der Waals surface area (Å²) in [6.07, 6.45) is 8.98. The topological polar surface area (TPSA) is 82.5 Å². The third kappa shape index (κ3) is 4.55. The molecule has 2 N–H and O–H groups in total. The molecule has 0 saturated heterocycles. The third-order valence-electron chi connectivity index (χ3n) is 5.50. The van der Waals surface area contributed by atoms with E-state index in [1.54, 1.807) is 34.9 Å². The van der Waals surface area contributed by atoms with Crippen LogP contribution in [0.2, 0.25) is 0 Å². The van der Waals surface area contributed by atoms with Crippen molar-refractivity contribution in [1.29, 1.82) is 0 Å². The molecule has 1 aliphatic rings. The van der Waals surface area contributed by atoms with Crippen LogP contribution >= 0.6 is 34.9 Å². The molecule has 0 unspecified atom stereocenters. The van der Waals surface area contributed by atoms with Crippen LogP contribution in [-0.2, 0) is 25.6 Å². The van der Waals surface area contributed by atoms with E-state index >= 15 is 0 Å². The maximum absolute atomic E-state index is 6.34. The maximum Gasteiger partial charge on any atom is 0.191 e. The molecule has 0 amide bonds. The van der Waals surface area contributed by atoms with E-state index in [0.29, 0.717) is 16.7 Å². The minimum absolute atomic E-state index is 0.608. The van der Waals surface area contributed by atoms with Crippen LogP contribution < -0.4 is 5.73 Å². The molecule has 6 nitrogen and oxygen atoms in total. The number of thiophene rings is 1. The Bertz CT molecular complexity index is 1260. The van der Waals surface area contributed by atoms with Gasteiger partial charge in [-0.1, -0.05) is 66.0 Å². The molecule has 0 radical (unpaired) electrons. The minimum Gasteiger partial charge on any atom is -0.383 e. The molecule has 5 rings (SSSR count). The number of thioether (sulfide) groups is 2. The lowest BCUT2D eigenvalue weighted by Crippen LogP contribution is -2.02. The molecule has 1 aromatic carbocycles. The molecule has 0 bridgehead atoms. The SMILES string of the molecule is Cn1c(CSc2nc(N)c3c4c(sc3n2)CCCC4)nnc1SCC=Cc1ccccc1. The Kier molecular flexibility index (Phi) is 6.47. The highest BCUT2D eigenvalue weighted by molar-refractivity contribution is 7.99. The Morgan fingerprint density at radius 2 is 1.94 bits per heavy atom. The number of nitrogens with zero attached hydrogens (tertiary/aromatic N) is 5. The quantitative estimate of drug-likeness (QED) is 0.281. The molecule has 0 spiro atoms. The van der Waals surface area contributed by atoms with E-state index in [1.807, 2.05) is 29.8 Å². The molecule has 9 heteroatoms. The van der Waals surface area contributed by atoms with E-state index in [-0.39, 0.29) is 0 Å². The smallest absolute Gasteiger partial charge is 0.191 e. The first-order valence-electron chi connectivity index (χ1n) is 10.6. The number of nitrogens with two attached hydrogens (primary N) is 1. The van der Waals surface area contributed by atoms with Crippen LogP contribution in [0.15, 0.2) is 46.7 Å². The first-order valence-corrected chi connectivity index (χ1v) is 13.4.